The third-order valence-corrected chi connectivity index (χ3v) is 2.95. The Labute approximate surface area is 111 Å². The number of rotatable bonds is 9. The number of nitriles is 1. The summed E-state index contributed by atoms with van der Waals surface area (Å²) in [6.45, 7) is 2.42. The summed E-state index contributed by atoms with van der Waals surface area (Å²) in [5.74, 6) is 0.406. The summed E-state index contributed by atoms with van der Waals surface area (Å²) in [5.41, 5.74) is 5.59. The van der Waals surface area contributed by atoms with E-state index in [1.165, 1.54) is 11.8 Å². The first kappa shape index (κ1) is 16.7. The van der Waals surface area contributed by atoms with Gasteiger partial charge >= 0.3 is 5.97 Å². The molecular formula is C11H19N3O3S. The lowest BCUT2D eigenvalue weighted by Gasteiger charge is -2.09. The fourth-order valence-corrected chi connectivity index (χ4v) is 1.90. The fourth-order valence-electron chi connectivity index (χ4n) is 1.05. The van der Waals surface area contributed by atoms with Gasteiger partial charge in [0.25, 0.3) is 0 Å². The highest BCUT2D eigenvalue weighted by Gasteiger charge is 2.13. The highest BCUT2D eigenvalue weighted by Crippen LogP contribution is 2.04. The summed E-state index contributed by atoms with van der Waals surface area (Å²) >= 11 is 1.40. The Morgan fingerprint density at radius 3 is 2.89 bits per heavy atom. The molecule has 0 fully saturated rings. The van der Waals surface area contributed by atoms with Gasteiger partial charge in [0.2, 0.25) is 5.91 Å². The van der Waals surface area contributed by atoms with E-state index in [-0.39, 0.29) is 5.91 Å². The van der Waals surface area contributed by atoms with Gasteiger partial charge in [-0.25, -0.2) is 0 Å². The number of ether oxygens (including phenoxy) is 1. The van der Waals surface area contributed by atoms with Crippen molar-refractivity contribution in [3.63, 3.8) is 0 Å². The highest BCUT2D eigenvalue weighted by atomic mass is 32.2. The normalized spacial score (nSPS) is 11.4. The largest absolute Gasteiger partial charge is 0.465 e. The van der Waals surface area contributed by atoms with E-state index >= 15 is 0 Å². The van der Waals surface area contributed by atoms with Crippen molar-refractivity contribution in [3.8, 4) is 6.07 Å². The molecule has 0 radical (unpaired) electrons. The monoisotopic (exact) mass is 273 g/mol. The van der Waals surface area contributed by atoms with E-state index in [9.17, 15) is 9.59 Å². The minimum absolute atomic E-state index is 0.111. The van der Waals surface area contributed by atoms with Crippen LogP contribution in [-0.4, -0.2) is 42.6 Å². The number of hydrogen-bond acceptors (Lipinski definition) is 6. The van der Waals surface area contributed by atoms with Crippen LogP contribution in [0.25, 0.3) is 0 Å². The van der Waals surface area contributed by atoms with Crippen molar-refractivity contribution in [2.24, 2.45) is 5.73 Å². The molecule has 3 N–H and O–H groups in total. The van der Waals surface area contributed by atoms with Crippen molar-refractivity contribution < 1.29 is 14.3 Å². The van der Waals surface area contributed by atoms with Crippen molar-refractivity contribution in [1.82, 2.24) is 5.32 Å². The number of thioether (sulfide) groups is 1. The molecule has 0 aliphatic rings. The Balaban J connectivity index is 3.52. The van der Waals surface area contributed by atoms with E-state index in [0.29, 0.717) is 37.5 Å². The summed E-state index contributed by atoms with van der Waals surface area (Å²) in [6, 6.07) is 1.31. The van der Waals surface area contributed by atoms with E-state index in [1.54, 1.807) is 6.92 Å². The first-order chi connectivity index (χ1) is 8.61. The number of nitrogens with two attached hydrogens (primary N) is 1. The summed E-state index contributed by atoms with van der Waals surface area (Å²) in [4.78, 5) is 22.4. The van der Waals surface area contributed by atoms with Crippen LogP contribution in [0.2, 0.25) is 0 Å². The molecule has 7 heteroatoms. The third kappa shape index (κ3) is 8.84. The quantitative estimate of drug-likeness (QED) is 0.453. The van der Waals surface area contributed by atoms with Crippen LogP contribution in [0.3, 0.4) is 0 Å². The average molecular weight is 273 g/mol. The van der Waals surface area contributed by atoms with Crippen LogP contribution in [-0.2, 0) is 14.3 Å². The van der Waals surface area contributed by atoms with Crippen LogP contribution < -0.4 is 11.1 Å². The standard InChI is InChI=1S/C11H19N3O3S/c1-2-17-11(16)9(13)4-7-18-8-10(15)14-6-3-5-12/h9H,2-4,6-8,13H2,1H3,(H,14,15). The molecule has 18 heavy (non-hydrogen) atoms. The van der Waals surface area contributed by atoms with Gasteiger partial charge in [0.05, 0.1) is 24.8 Å². The molecule has 1 atom stereocenters. The number of carbonyl (C=O) groups is 2. The van der Waals surface area contributed by atoms with E-state index in [1.807, 2.05) is 6.07 Å². The van der Waals surface area contributed by atoms with Crippen molar-refractivity contribution in [2.75, 3.05) is 24.7 Å². The molecule has 0 aliphatic carbocycles. The van der Waals surface area contributed by atoms with Gasteiger partial charge in [0, 0.05) is 6.54 Å². The minimum Gasteiger partial charge on any atom is -0.465 e. The molecule has 102 valence electrons. The molecule has 1 unspecified atom stereocenters. The van der Waals surface area contributed by atoms with E-state index in [2.05, 4.69) is 5.32 Å². The molecule has 0 rings (SSSR count). The summed E-state index contributed by atoms with van der Waals surface area (Å²) in [6.07, 6.45) is 0.791. The topological polar surface area (TPSA) is 105 Å². The van der Waals surface area contributed by atoms with Crippen LogP contribution in [0.5, 0.6) is 0 Å². The van der Waals surface area contributed by atoms with Crippen LogP contribution in [0, 0.1) is 11.3 Å². The number of nitrogens with zero attached hydrogens (tertiary/aromatic N) is 1. The van der Waals surface area contributed by atoms with Crippen molar-refractivity contribution >= 4 is 23.6 Å². The van der Waals surface area contributed by atoms with Gasteiger partial charge in [0.15, 0.2) is 0 Å². The van der Waals surface area contributed by atoms with Gasteiger partial charge in [-0.3, -0.25) is 9.59 Å². The maximum Gasteiger partial charge on any atom is 0.322 e. The van der Waals surface area contributed by atoms with Gasteiger partial charge in [-0.05, 0) is 19.1 Å². The van der Waals surface area contributed by atoms with Crippen molar-refractivity contribution in [3.05, 3.63) is 0 Å². The summed E-state index contributed by atoms with van der Waals surface area (Å²) in [7, 11) is 0. The maximum absolute atomic E-state index is 11.2. The minimum atomic E-state index is -0.626. The first-order valence-corrected chi connectivity index (χ1v) is 6.90. The predicted molar refractivity (Wildman–Crippen MR) is 69.8 cm³/mol. The predicted octanol–water partition coefficient (Wildman–Crippen LogP) is 0.0300. The SMILES string of the molecule is CCOC(=O)C(N)CCSCC(=O)NCCC#N. The summed E-state index contributed by atoms with van der Waals surface area (Å²) < 4.78 is 4.76. The van der Waals surface area contributed by atoms with Crippen molar-refractivity contribution in [1.29, 1.82) is 5.26 Å². The maximum atomic E-state index is 11.2. The smallest absolute Gasteiger partial charge is 0.322 e. The molecule has 0 bridgehead atoms. The highest BCUT2D eigenvalue weighted by molar-refractivity contribution is 7.99. The Morgan fingerprint density at radius 1 is 1.56 bits per heavy atom. The van der Waals surface area contributed by atoms with Crippen LogP contribution in [0.1, 0.15) is 19.8 Å². The lowest BCUT2D eigenvalue weighted by Crippen LogP contribution is -2.33. The van der Waals surface area contributed by atoms with Gasteiger partial charge in [-0.2, -0.15) is 17.0 Å². The lowest BCUT2D eigenvalue weighted by molar-refractivity contribution is -0.144. The second-order valence-electron chi connectivity index (χ2n) is 3.46. The zero-order chi connectivity index (χ0) is 13.8. The Morgan fingerprint density at radius 2 is 2.28 bits per heavy atom. The molecule has 0 aromatic heterocycles. The van der Waals surface area contributed by atoms with Crippen LogP contribution >= 0.6 is 11.8 Å². The van der Waals surface area contributed by atoms with Gasteiger partial charge in [-0.15, -0.1) is 0 Å². The zero-order valence-corrected chi connectivity index (χ0v) is 11.3. The molecule has 0 aliphatic heterocycles. The molecule has 0 saturated heterocycles. The van der Waals surface area contributed by atoms with Gasteiger partial charge in [-0.1, -0.05) is 0 Å². The molecule has 0 aromatic rings. The molecule has 1 amide bonds. The molecular weight excluding hydrogens is 254 g/mol. The van der Waals surface area contributed by atoms with Crippen LogP contribution in [0.15, 0.2) is 0 Å². The van der Waals surface area contributed by atoms with Crippen molar-refractivity contribution in [2.45, 2.75) is 25.8 Å². The van der Waals surface area contributed by atoms with E-state index < -0.39 is 12.0 Å². The van der Waals surface area contributed by atoms with Gasteiger partial charge < -0.3 is 15.8 Å². The Bertz CT molecular complexity index is 304. The number of hydrogen-bond donors (Lipinski definition) is 2. The first-order valence-electron chi connectivity index (χ1n) is 5.75. The summed E-state index contributed by atoms with van der Waals surface area (Å²) in [5, 5.41) is 10.9. The average Bonchev–Trinajstić information content (AvgIpc) is 2.35. The Hall–Kier alpha value is -1.26. The second kappa shape index (κ2) is 10.9. The molecule has 0 spiro atoms. The fraction of sp³-hybridized carbons (Fsp3) is 0.727. The van der Waals surface area contributed by atoms with E-state index in [0.717, 1.165) is 0 Å². The number of nitrogens with one attached hydrogen (secondary N) is 1. The number of carbonyl (C=O) groups excluding carboxylic acids is 2. The number of amides is 1. The zero-order valence-electron chi connectivity index (χ0n) is 10.5. The molecule has 0 heterocycles. The second-order valence-corrected chi connectivity index (χ2v) is 4.56. The van der Waals surface area contributed by atoms with Crippen LogP contribution in [0.4, 0.5) is 0 Å². The Kier molecular flexibility index (Phi) is 10.1. The molecule has 0 aromatic carbocycles. The molecule has 6 nitrogen and oxygen atoms in total. The lowest BCUT2D eigenvalue weighted by atomic mass is 10.2. The van der Waals surface area contributed by atoms with E-state index in [4.69, 9.17) is 15.7 Å². The number of esters is 1. The molecule has 0 saturated carbocycles. The third-order valence-electron chi connectivity index (χ3n) is 1.95. The van der Waals surface area contributed by atoms with Gasteiger partial charge in [0.1, 0.15) is 6.04 Å².